The maximum Gasteiger partial charge on any atom is 0.464 e. The van der Waals surface area contributed by atoms with Crippen molar-refractivity contribution in [2.45, 2.75) is 6.55 Å². The van der Waals surface area contributed by atoms with Crippen LogP contribution in [0.15, 0.2) is 0 Å². The largest absolute Gasteiger partial charge is 0.464 e. The normalized spacial score (nSPS) is 26.2. The van der Waals surface area contributed by atoms with Crippen LogP contribution in [0, 0.1) is 0 Å². The minimum absolute atomic E-state index is 0.743. The third-order valence-electron chi connectivity index (χ3n) is 0.560. The first-order valence-electron chi connectivity index (χ1n) is 1.60. The highest BCUT2D eigenvalue weighted by atomic mass is 28.4. The van der Waals surface area contributed by atoms with Crippen LogP contribution < -0.4 is 0 Å². The molecule has 0 saturated carbocycles. The molecule has 34 valence electrons. The first kappa shape index (κ1) is 3.98. The fourth-order valence-corrected chi connectivity index (χ4v) is 0.709. The summed E-state index contributed by atoms with van der Waals surface area (Å²) in [6.07, 6.45) is 0. The molecule has 1 aliphatic heterocycles. The molecule has 3 nitrogen and oxygen atoms in total. The van der Waals surface area contributed by atoms with Crippen LogP contribution in [0.4, 0.5) is 0 Å². The summed E-state index contributed by atoms with van der Waals surface area (Å²) < 4.78 is 8.63. The second-order valence-corrected chi connectivity index (χ2v) is 3.90. The quantitative estimate of drug-likeness (QED) is 0.200. The van der Waals surface area contributed by atoms with Crippen LogP contribution in [0.25, 0.3) is 0 Å². The predicted octanol–water partition coefficient (Wildman–Crippen LogP) is -0.208. The first-order chi connectivity index (χ1) is 2.77. The molecule has 1 heterocycles. The lowest BCUT2D eigenvalue weighted by Crippen LogP contribution is -2.10. The van der Waals surface area contributed by atoms with Gasteiger partial charge in [-0.15, -0.1) is 0 Å². The molecule has 6 heavy (non-hydrogen) atoms. The Morgan fingerprint density at radius 3 is 2.17 bits per heavy atom. The fourth-order valence-electron chi connectivity index (χ4n) is 0.105. The summed E-state index contributed by atoms with van der Waals surface area (Å²) in [6, 6.07) is 0. The summed E-state index contributed by atoms with van der Waals surface area (Å²) in [6.45, 7) is 1.68. The Bertz CT molecular complexity index is 76.9. The molecule has 1 aliphatic rings. The second kappa shape index (κ2) is 0.898. The van der Waals surface area contributed by atoms with Crippen LogP contribution in [0.2, 0.25) is 6.55 Å². The van der Waals surface area contributed by atoms with Crippen LogP contribution in [0.5, 0.6) is 0 Å². The molecule has 1 fully saturated rings. The van der Waals surface area contributed by atoms with Crippen molar-refractivity contribution in [3.8, 4) is 0 Å². The van der Waals surface area contributed by atoms with Crippen molar-refractivity contribution in [3.63, 3.8) is 0 Å². The molecule has 0 N–H and O–H groups in total. The van der Waals surface area contributed by atoms with Crippen molar-refractivity contribution in [1.82, 2.24) is 0 Å². The number of hydrogen-bond donors (Lipinski definition) is 0. The van der Waals surface area contributed by atoms with Crippen LogP contribution >= 0.6 is 0 Å². The van der Waals surface area contributed by atoms with Crippen LogP contribution in [-0.4, -0.2) is 14.5 Å². The van der Waals surface area contributed by atoms with Gasteiger partial charge in [-0.3, -0.25) is 0 Å². The van der Waals surface area contributed by atoms with Crippen LogP contribution in [-0.2, 0) is 13.9 Å². The SMILES string of the molecule is C[Si]1(C=O)OO1. The van der Waals surface area contributed by atoms with Crippen molar-refractivity contribution < 1.29 is 13.9 Å². The van der Waals surface area contributed by atoms with E-state index in [0.29, 0.717) is 0 Å². The van der Waals surface area contributed by atoms with Crippen LogP contribution in [0.1, 0.15) is 0 Å². The summed E-state index contributed by atoms with van der Waals surface area (Å²) in [7, 11) is -2.06. The third kappa shape index (κ3) is 0.492. The third-order valence-corrected chi connectivity index (χ3v) is 1.68. The standard InChI is InChI=1S/C2H4O3Si/c1-6(2-3)4-5-6/h2H,1H3. The van der Waals surface area contributed by atoms with E-state index in [1.807, 2.05) is 0 Å². The lowest BCUT2D eigenvalue weighted by molar-refractivity contribution is 0.0850. The van der Waals surface area contributed by atoms with Gasteiger partial charge in [-0.2, -0.15) is 0 Å². The van der Waals surface area contributed by atoms with Crippen molar-refractivity contribution in [1.29, 1.82) is 0 Å². The van der Waals surface area contributed by atoms with Gasteiger partial charge in [0.05, 0.1) is 0 Å². The molecular formula is C2H4O3Si. The van der Waals surface area contributed by atoms with Gasteiger partial charge in [-0.25, -0.2) is 9.15 Å². The van der Waals surface area contributed by atoms with Gasteiger partial charge in [-0.05, 0) is 6.55 Å². The number of hydrogen-bond acceptors (Lipinski definition) is 3. The van der Waals surface area contributed by atoms with E-state index in [9.17, 15) is 4.79 Å². The fraction of sp³-hybridized carbons (Fsp3) is 0.500. The van der Waals surface area contributed by atoms with E-state index in [1.54, 1.807) is 6.55 Å². The maximum absolute atomic E-state index is 9.70. The average Bonchev–Trinajstić information content (AvgIpc) is 2.22. The molecule has 0 amide bonds. The van der Waals surface area contributed by atoms with E-state index in [2.05, 4.69) is 9.15 Å². The number of carbonyl (C=O) groups is 1. The Balaban J connectivity index is 2.47. The van der Waals surface area contributed by atoms with E-state index < -0.39 is 8.56 Å². The summed E-state index contributed by atoms with van der Waals surface area (Å²) in [5.41, 5.74) is 0. The van der Waals surface area contributed by atoms with Gasteiger partial charge in [0, 0.05) is 0 Å². The zero-order chi connectivity index (χ0) is 4.62. The molecule has 0 unspecified atom stereocenters. The number of carbonyl (C=O) groups excluding carboxylic acids is 1. The van der Waals surface area contributed by atoms with E-state index in [4.69, 9.17) is 0 Å². The summed E-state index contributed by atoms with van der Waals surface area (Å²) in [5, 5.41) is 0. The molecule has 0 aromatic carbocycles. The molecule has 0 aromatic rings. The first-order valence-corrected chi connectivity index (χ1v) is 3.99. The van der Waals surface area contributed by atoms with Crippen molar-refractivity contribution in [2.75, 3.05) is 0 Å². The molecule has 0 aromatic heterocycles. The minimum Gasteiger partial charge on any atom is -0.303 e. The Labute approximate surface area is 36.0 Å². The van der Waals surface area contributed by atoms with Gasteiger partial charge in [0.2, 0.25) is 0 Å². The van der Waals surface area contributed by atoms with Crippen molar-refractivity contribution in [3.05, 3.63) is 0 Å². The minimum atomic E-state index is -2.06. The van der Waals surface area contributed by atoms with E-state index >= 15 is 0 Å². The lowest BCUT2D eigenvalue weighted by Gasteiger charge is -1.66. The summed E-state index contributed by atoms with van der Waals surface area (Å²) in [5.74, 6) is 0.743. The lowest BCUT2D eigenvalue weighted by atomic mass is 11.8. The Morgan fingerprint density at radius 2 is 2.17 bits per heavy atom. The van der Waals surface area contributed by atoms with Crippen molar-refractivity contribution in [2.24, 2.45) is 0 Å². The molecule has 0 radical (unpaired) electrons. The van der Waals surface area contributed by atoms with Crippen LogP contribution in [0.3, 0.4) is 0 Å². The topological polar surface area (TPSA) is 42.1 Å². The molecule has 0 atom stereocenters. The highest BCUT2D eigenvalue weighted by Crippen LogP contribution is 2.18. The van der Waals surface area contributed by atoms with E-state index in [0.717, 1.165) is 5.91 Å². The second-order valence-electron chi connectivity index (χ2n) is 1.30. The molecule has 1 rings (SSSR count). The average molecular weight is 104 g/mol. The zero-order valence-electron chi connectivity index (χ0n) is 3.30. The van der Waals surface area contributed by atoms with Gasteiger partial charge >= 0.3 is 8.56 Å². The smallest absolute Gasteiger partial charge is 0.303 e. The molecule has 0 bridgehead atoms. The highest BCUT2D eigenvalue weighted by molar-refractivity contribution is 6.94. The van der Waals surface area contributed by atoms with Gasteiger partial charge < -0.3 is 4.79 Å². The summed E-state index contributed by atoms with van der Waals surface area (Å²) >= 11 is 0. The highest BCUT2D eigenvalue weighted by Gasteiger charge is 2.49. The predicted molar refractivity (Wildman–Crippen MR) is 20.5 cm³/mol. The van der Waals surface area contributed by atoms with E-state index in [1.165, 1.54) is 0 Å². The molecular weight excluding hydrogens is 100 g/mol. The van der Waals surface area contributed by atoms with Gasteiger partial charge in [0.25, 0.3) is 0 Å². The Kier molecular flexibility index (Phi) is 0.596. The molecule has 4 heteroatoms. The molecule has 1 saturated heterocycles. The molecule has 0 spiro atoms. The van der Waals surface area contributed by atoms with Gasteiger partial charge in [0.15, 0.2) is 5.91 Å². The maximum atomic E-state index is 9.70. The van der Waals surface area contributed by atoms with E-state index in [-0.39, 0.29) is 0 Å². The zero-order valence-corrected chi connectivity index (χ0v) is 4.30. The Morgan fingerprint density at radius 1 is 1.67 bits per heavy atom. The van der Waals surface area contributed by atoms with Gasteiger partial charge in [-0.1, -0.05) is 0 Å². The Hall–Kier alpha value is -0.193. The monoisotopic (exact) mass is 104 g/mol. The van der Waals surface area contributed by atoms with Crippen molar-refractivity contribution >= 4 is 14.5 Å². The number of rotatable bonds is 1. The van der Waals surface area contributed by atoms with Gasteiger partial charge in [0.1, 0.15) is 0 Å². The molecule has 0 aliphatic carbocycles. The summed E-state index contributed by atoms with van der Waals surface area (Å²) in [4.78, 5) is 9.70.